The van der Waals surface area contributed by atoms with Crippen molar-refractivity contribution >= 4 is 5.78 Å². The number of hydrogen-bond donors (Lipinski definition) is 1. The Labute approximate surface area is 82.1 Å². The summed E-state index contributed by atoms with van der Waals surface area (Å²) in [7, 11) is 2.73. The Kier molecular flexibility index (Phi) is 3.62. The molecule has 0 unspecified atom stereocenters. The highest BCUT2D eigenvalue weighted by Gasteiger charge is 2.21. The fraction of sp³-hybridized carbons (Fsp3) is 0.300. The highest BCUT2D eigenvalue weighted by molar-refractivity contribution is 6.00. The van der Waals surface area contributed by atoms with Crippen LogP contribution in [0.4, 0.5) is 0 Å². The van der Waals surface area contributed by atoms with Gasteiger partial charge in [0, 0.05) is 14.2 Å². The van der Waals surface area contributed by atoms with E-state index in [2.05, 4.69) is 0 Å². The molecule has 0 saturated heterocycles. The first-order valence-corrected chi connectivity index (χ1v) is 4.08. The van der Waals surface area contributed by atoms with Gasteiger partial charge in [-0.15, -0.1) is 0 Å². The normalized spacial score (nSPS) is 10.5. The lowest BCUT2D eigenvalue weighted by molar-refractivity contribution is -0.0743. The highest BCUT2D eigenvalue weighted by Crippen LogP contribution is 2.18. The van der Waals surface area contributed by atoms with Gasteiger partial charge in [0.15, 0.2) is 0 Å². The average molecular weight is 196 g/mol. The molecule has 0 aliphatic heterocycles. The molecule has 0 fully saturated rings. The molecule has 76 valence electrons. The number of rotatable bonds is 4. The summed E-state index contributed by atoms with van der Waals surface area (Å²) in [6.45, 7) is 0. The van der Waals surface area contributed by atoms with Gasteiger partial charge in [-0.3, -0.25) is 4.79 Å². The maximum absolute atomic E-state index is 11.6. The van der Waals surface area contributed by atoms with E-state index >= 15 is 0 Å². The summed E-state index contributed by atoms with van der Waals surface area (Å²) in [5.41, 5.74) is 0.196. The summed E-state index contributed by atoms with van der Waals surface area (Å²) in [6.07, 6.45) is -0.969. The standard InChI is InChI=1S/C10H12O4/c1-13-10(14-2)9(12)7-5-3-4-6-8(7)11/h3-6,10-11H,1-2H3. The van der Waals surface area contributed by atoms with Crippen molar-refractivity contribution in [2.75, 3.05) is 14.2 Å². The predicted molar refractivity (Wildman–Crippen MR) is 50.2 cm³/mol. The van der Waals surface area contributed by atoms with E-state index in [9.17, 15) is 9.90 Å². The number of carbonyl (C=O) groups is 1. The highest BCUT2D eigenvalue weighted by atomic mass is 16.7. The van der Waals surface area contributed by atoms with Gasteiger partial charge >= 0.3 is 0 Å². The second-order valence-electron chi connectivity index (χ2n) is 2.68. The molecule has 0 aliphatic carbocycles. The minimum atomic E-state index is -0.969. The summed E-state index contributed by atoms with van der Waals surface area (Å²) < 4.78 is 9.58. The molecule has 0 amide bonds. The van der Waals surface area contributed by atoms with Crippen LogP contribution in [0.25, 0.3) is 0 Å². The van der Waals surface area contributed by atoms with Crippen molar-refractivity contribution in [2.24, 2.45) is 0 Å². The summed E-state index contributed by atoms with van der Waals surface area (Å²) >= 11 is 0. The molecule has 0 spiro atoms. The lowest BCUT2D eigenvalue weighted by Crippen LogP contribution is -2.24. The van der Waals surface area contributed by atoms with Crippen LogP contribution in [-0.2, 0) is 9.47 Å². The zero-order valence-electron chi connectivity index (χ0n) is 8.06. The number of Topliss-reactive ketones (excluding diaryl/α,β-unsaturated/α-hetero) is 1. The van der Waals surface area contributed by atoms with Crippen LogP contribution in [0.5, 0.6) is 5.75 Å². The first-order valence-electron chi connectivity index (χ1n) is 4.08. The van der Waals surface area contributed by atoms with Gasteiger partial charge < -0.3 is 14.6 Å². The van der Waals surface area contributed by atoms with E-state index in [1.807, 2.05) is 0 Å². The maximum atomic E-state index is 11.6. The number of phenols is 1. The first kappa shape index (κ1) is 10.7. The Balaban J connectivity index is 2.94. The Hall–Kier alpha value is -1.39. The molecule has 0 heterocycles. The molecule has 14 heavy (non-hydrogen) atoms. The molecule has 0 bridgehead atoms. The van der Waals surface area contributed by atoms with Crippen LogP contribution >= 0.6 is 0 Å². The monoisotopic (exact) mass is 196 g/mol. The largest absolute Gasteiger partial charge is 0.507 e. The Bertz CT molecular complexity index is 318. The van der Waals surface area contributed by atoms with Crippen molar-refractivity contribution < 1.29 is 19.4 Å². The Morgan fingerprint density at radius 3 is 2.36 bits per heavy atom. The molecule has 1 N–H and O–H groups in total. The number of ketones is 1. The summed E-state index contributed by atoms with van der Waals surface area (Å²) in [5, 5.41) is 9.39. The van der Waals surface area contributed by atoms with Crippen LogP contribution in [0, 0.1) is 0 Å². The Morgan fingerprint density at radius 1 is 1.29 bits per heavy atom. The number of para-hydroxylation sites is 1. The minimum Gasteiger partial charge on any atom is -0.507 e. The van der Waals surface area contributed by atoms with Gasteiger partial charge in [0.1, 0.15) is 5.75 Å². The quantitative estimate of drug-likeness (QED) is 0.580. The van der Waals surface area contributed by atoms with Crippen LogP contribution in [0.15, 0.2) is 24.3 Å². The van der Waals surface area contributed by atoms with Crippen molar-refractivity contribution in [1.29, 1.82) is 0 Å². The molecule has 0 atom stereocenters. The zero-order chi connectivity index (χ0) is 10.6. The first-order chi connectivity index (χ1) is 6.70. The fourth-order valence-corrected chi connectivity index (χ4v) is 1.12. The van der Waals surface area contributed by atoms with E-state index in [0.717, 1.165) is 0 Å². The van der Waals surface area contributed by atoms with Crippen LogP contribution < -0.4 is 0 Å². The third-order valence-corrected chi connectivity index (χ3v) is 1.81. The van der Waals surface area contributed by atoms with E-state index in [1.165, 1.54) is 26.4 Å². The molecule has 0 aliphatic rings. The van der Waals surface area contributed by atoms with E-state index in [4.69, 9.17) is 9.47 Å². The number of carbonyl (C=O) groups excluding carboxylic acids is 1. The smallest absolute Gasteiger partial charge is 0.222 e. The number of phenolic OH excluding ortho intramolecular Hbond substituents is 1. The van der Waals surface area contributed by atoms with Gasteiger partial charge in [-0.1, -0.05) is 12.1 Å². The molecular weight excluding hydrogens is 184 g/mol. The van der Waals surface area contributed by atoms with Gasteiger partial charge in [-0.25, -0.2) is 0 Å². The number of benzene rings is 1. The second-order valence-corrected chi connectivity index (χ2v) is 2.68. The van der Waals surface area contributed by atoms with Crippen molar-refractivity contribution in [3.63, 3.8) is 0 Å². The van der Waals surface area contributed by atoms with Crippen LogP contribution in [0.1, 0.15) is 10.4 Å². The van der Waals surface area contributed by atoms with Gasteiger partial charge in [-0.2, -0.15) is 0 Å². The summed E-state index contributed by atoms with van der Waals surface area (Å²) in [5.74, 6) is -0.468. The molecule has 4 heteroatoms. The van der Waals surface area contributed by atoms with Crippen LogP contribution in [0.3, 0.4) is 0 Å². The molecular formula is C10H12O4. The van der Waals surface area contributed by atoms with Crippen molar-refractivity contribution in [1.82, 2.24) is 0 Å². The molecule has 4 nitrogen and oxygen atoms in total. The minimum absolute atomic E-state index is 0.0726. The van der Waals surface area contributed by atoms with E-state index in [-0.39, 0.29) is 11.3 Å². The number of hydrogen-bond acceptors (Lipinski definition) is 4. The number of methoxy groups -OCH3 is 2. The van der Waals surface area contributed by atoms with Crippen molar-refractivity contribution in [2.45, 2.75) is 6.29 Å². The van der Waals surface area contributed by atoms with Gasteiger partial charge in [-0.05, 0) is 12.1 Å². The molecule has 1 rings (SSSR count). The van der Waals surface area contributed by atoms with Gasteiger partial charge in [0.2, 0.25) is 12.1 Å². The molecule has 0 saturated carbocycles. The van der Waals surface area contributed by atoms with E-state index in [1.54, 1.807) is 12.1 Å². The van der Waals surface area contributed by atoms with Gasteiger partial charge in [0.05, 0.1) is 5.56 Å². The average Bonchev–Trinajstić information content (AvgIpc) is 2.20. The van der Waals surface area contributed by atoms with Crippen LogP contribution in [-0.4, -0.2) is 31.4 Å². The SMILES string of the molecule is COC(OC)C(=O)c1ccccc1O. The molecule has 0 radical (unpaired) electrons. The second kappa shape index (κ2) is 4.74. The van der Waals surface area contributed by atoms with Crippen molar-refractivity contribution in [3.05, 3.63) is 29.8 Å². The van der Waals surface area contributed by atoms with Gasteiger partial charge in [0.25, 0.3) is 0 Å². The zero-order valence-corrected chi connectivity index (χ0v) is 8.06. The Morgan fingerprint density at radius 2 is 1.86 bits per heavy atom. The van der Waals surface area contributed by atoms with E-state index < -0.39 is 12.1 Å². The summed E-state index contributed by atoms with van der Waals surface area (Å²) in [4.78, 5) is 11.6. The topological polar surface area (TPSA) is 55.8 Å². The number of aromatic hydroxyl groups is 1. The summed E-state index contributed by atoms with van der Waals surface area (Å²) in [6, 6.07) is 6.26. The molecule has 1 aromatic carbocycles. The third kappa shape index (κ3) is 2.10. The lowest BCUT2D eigenvalue weighted by Gasteiger charge is -2.12. The predicted octanol–water partition coefficient (Wildman–Crippen LogP) is 1.19. The molecule has 1 aromatic rings. The van der Waals surface area contributed by atoms with Crippen LogP contribution in [0.2, 0.25) is 0 Å². The number of ether oxygens (including phenoxy) is 2. The van der Waals surface area contributed by atoms with E-state index in [0.29, 0.717) is 0 Å². The maximum Gasteiger partial charge on any atom is 0.222 e. The lowest BCUT2D eigenvalue weighted by atomic mass is 10.1. The third-order valence-electron chi connectivity index (χ3n) is 1.81. The molecule has 0 aromatic heterocycles. The fourth-order valence-electron chi connectivity index (χ4n) is 1.12. The van der Waals surface area contributed by atoms with Crippen molar-refractivity contribution in [3.8, 4) is 5.75 Å².